The first-order valence-electron chi connectivity index (χ1n) is 7.11. The minimum Gasteiger partial charge on any atom is -0.306 e. The molecule has 0 bridgehead atoms. The van der Waals surface area contributed by atoms with Gasteiger partial charge in [0.05, 0.1) is 17.3 Å². The summed E-state index contributed by atoms with van der Waals surface area (Å²) in [5, 5.41) is 7.80. The molecule has 0 spiro atoms. The van der Waals surface area contributed by atoms with Crippen molar-refractivity contribution in [2.45, 2.75) is 25.1 Å². The smallest absolute Gasteiger partial charge is 0.306 e. The Kier molecular flexibility index (Phi) is 5.84. The number of nitrogens with zero attached hydrogens (tertiary/aromatic N) is 1. The normalized spacial score (nSPS) is 17.4. The molecule has 2 heterocycles. The Morgan fingerprint density at radius 1 is 1.38 bits per heavy atom. The van der Waals surface area contributed by atoms with Gasteiger partial charge in [-0.25, -0.2) is 4.98 Å². The molecular formula is C15H15ClF3N3OS. The molecule has 0 radical (unpaired) electrons. The van der Waals surface area contributed by atoms with Gasteiger partial charge in [0.25, 0.3) is 0 Å². The van der Waals surface area contributed by atoms with Crippen LogP contribution in [0.4, 0.5) is 18.3 Å². The second kappa shape index (κ2) is 7.50. The van der Waals surface area contributed by atoms with Crippen LogP contribution in [-0.4, -0.2) is 23.5 Å². The molecule has 1 unspecified atom stereocenters. The summed E-state index contributed by atoms with van der Waals surface area (Å²) in [5.74, 6) is -0.160. The molecule has 4 nitrogen and oxygen atoms in total. The largest absolute Gasteiger partial charge is 0.416 e. The number of halogens is 4. The Labute approximate surface area is 146 Å². The number of thiazole rings is 1. The van der Waals surface area contributed by atoms with Gasteiger partial charge in [-0.15, -0.1) is 23.7 Å². The van der Waals surface area contributed by atoms with Crippen molar-refractivity contribution in [3.8, 4) is 11.3 Å². The van der Waals surface area contributed by atoms with E-state index in [0.29, 0.717) is 16.4 Å². The molecule has 1 fully saturated rings. The van der Waals surface area contributed by atoms with E-state index in [-0.39, 0.29) is 24.4 Å². The third kappa shape index (κ3) is 4.25. The predicted molar refractivity (Wildman–Crippen MR) is 89.5 cm³/mol. The van der Waals surface area contributed by atoms with E-state index in [9.17, 15) is 18.0 Å². The molecule has 3 rings (SSSR count). The van der Waals surface area contributed by atoms with Crippen molar-refractivity contribution < 1.29 is 18.0 Å². The molecule has 1 amide bonds. The lowest BCUT2D eigenvalue weighted by Gasteiger charge is -2.08. The molecule has 1 atom stereocenters. The Morgan fingerprint density at radius 2 is 2.17 bits per heavy atom. The zero-order valence-corrected chi connectivity index (χ0v) is 14.0. The lowest BCUT2D eigenvalue weighted by molar-refractivity contribution is -0.137. The summed E-state index contributed by atoms with van der Waals surface area (Å²) in [6.07, 6.45) is -2.67. The average Bonchev–Trinajstić information content (AvgIpc) is 3.18. The van der Waals surface area contributed by atoms with Crippen molar-refractivity contribution in [1.82, 2.24) is 10.3 Å². The number of hydrogen-bond donors (Lipinski definition) is 2. The van der Waals surface area contributed by atoms with E-state index < -0.39 is 11.7 Å². The summed E-state index contributed by atoms with van der Waals surface area (Å²) >= 11 is 1.19. The highest BCUT2D eigenvalue weighted by Gasteiger charge is 2.30. The van der Waals surface area contributed by atoms with Crippen LogP contribution in [0.2, 0.25) is 0 Å². The first kappa shape index (κ1) is 18.7. The Hall–Kier alpha value is -1.64. The second-order valence-corrected chi connectivity index (χ2v) is 6.11. The number of anilines is 1. The van der Waals surface area contributed by atoms with Crippen LogP contribution in [0.25, 0.3) is 11.3 Å². The van der Waals surface area contributed by atoms with Gasteiger partial charge in [-0.05, 0) is 31.5 Å². The molecule has 0 saturated carbocycles. The first-order chi connectivity index (χ1) is 10.9. The van der Waals surface area contributed by atoms with Crippen molar-refractivity contribution in [2.24, 2.45) is 0 Å². The lowest BCUT2D eigenvalue weighted by Crippen LogP contribution is -2.35. The lowest BCUT2D eigenvalue weighted by atomic mass is 10.1. The molecule has 1 aromatic heterocycles. The third-order valence-electron chi connectivity index (χ3n) is 3.60. The van der Waals surface area contributed by atoms with Gasteiger partial charge in [-0.3, -0.25) is 4.79 Å². The van der Waals surface area contributed by atoms with Crippen LogP contribution in [0.3, 0.4) is 0 Å². The molecule has 9 heteroatoms. The van der Waals surface area contributed by atoms with Gasteiger partial charge in [0.15, 0.2) is 5.13 Å². The number of amides is 1. The van der Waals surface area contributed by atoms with E-state index in [1.165, 1.54) is 17.4 Å². The van der Waals surface area contributed by atoms with E-state index in [2.05, 4.69) is 15.6 Å². The van der Waals surface area contributed by atoms with Crippen molar-refractivity contribution in [2.75, 3.05) is 11.9 Å². The Bertz CT molecular complexity index is 714. The van der Waals surface area contributed by atoms with Gasteiger partial charge in [-0.2, -0.15) is 13.2 Å². The van der Waals surface area contributed by atoms with Crippen molar-refractivity contribution in [3.05, 3.63) is 35.2 Å². The summed E-state index contributed by atoms with van der Waals surface area (Å²) in [5.41, 5.74) is 0.0649. The predicted octanol–water partition coefficient (Wildman–Crippen LogP) is 3.94. The molecular weight excluding hydrogens is 363 g/mol. The number of nitrogens with one attached hydrogen (secondary N) is 2. The molecule has 2 aromatic rings. The number of carbonyl (C=O) groups excluding carboxylic acids is 1. The summed E-state index contributed by atoms with van der Waals surface area (Å²) in [6, 6.07) is 4.76. The zero-order chi connectivity index (χ0) is 16.4. The van der Waals surface area contributed by atoms with Crippen molar-refractivity contribution in [1.29, 1.82) is 0 Å². The van der Waals surface area contributed by atoms with Crippen LogP contribution in [0.15, 0.2) is 29.6 Å². The average molecular weight is 378 g/mol. The van der Waals surface area contributed by atoms with Gasteiger partial charge < -0.3 is 10.6 Å². The maximum atomic E-state index is 12.8. The van der Waals surface area contributed by atoms with E-state index in [4.69, 9.17) is 0 Å². The monoisotopic (exact) mass is 377 g/mol. The number of benzene rings is 1. The fourth-order valence-electron chi connectivity index (χ4n) is 2.42. The summed E-state index contributed by atoms with van der Waals surface area (Å²) in [6.45, 7) is 0.811. The van der Waals surface area contributed by atoms with Gasteiger partial charge in [0, 0.05) is 10.9 Å². The van der Waals surface area contributed by atoms with Gasteiger partial charge in [0.2, 0.25) is 5.91 Å². The van der Waals surface area contributed by atoms with Gasteiger partial charge in [-0.1, -0.05) is 12.1 Å². The molecule has 130 valence electrons. The fourth-order valence-corrected chi connectivity index (χ4v) is 3.14. The molecule has 0 aliphatic carbocycles. The van der Waals surface area contributed by atoms with Gasteiger partial charge >= 0.3 is 6.18 Å². The van der Waals surface area contributed by atoms with Crippen LogP contribution >= 0.6 is 23.7 Å². The highest BCUT2D eigenvalue weighted by Crippen LogP contribution is 2.33. The molecule has 1 aliphatic heterocycles. The van der Waals surface area contributed by atoms with Crippen LogP contribution in [-0.2, 0) is 11.0 Å². The zero-order valence-electron chi connectivity index (χ0n) is 12.4. The number of alkyl halides is 3. The van der Waals surface area contributed by atoms with E-state index in [1.807, 2.05) is 0 Å². The van der Waals surface area contributed by atoms with E-state index >= 15 is 0 Å². The molecule has 2 N–H and O–H groups in total. The maximum absolute atomic E-state index is 12.8. The van der Waals surface area contributed by atoms with E-state index in [1.54, 1.807) is 11.4 Å². The maximum Gasteiger partial charge on any atom is 0.416 e. The molecule has 1 aromatic carbocycles. The Morgan fingerprint density at radius 3 is 2.83 bits per heavy atom. The van der Waals surface area contributed by atoms with Gasteiger partial charge in [0.1, 0.15) is 0 Å². The summed E-state index contributed by atoms with van der Waals surface area (Å²) < 4.78 is 38.3. The minimum absolute atomic E-state index is 0. The number of rotatable bonds is 3. The van der Waals surface area contributed by atoms with Crippen LogP contribution in [0.1, 0.15) is 18.4 Å². The van der Waals surface area contributed by atoms with Crippen LogP contribution in [0, 0.1) is 0 Å². The highest BCUT2D eigenvalue weighted by molar-refractivity contribution is 7.14. The summed E-state index contributed by atoms with van der Waals surface area (Å²) in [4.78, 5) is 16.2. The topological polar surface area (TPSA) is 54.0 Å². The number of hydrogen-bond acceptors (Lipinski definition) is 4. The van der Waals surface area contributed by atoms with Crippen molar-refractivity contribution in [3.63, 3.8) is 0 Å². The standard InChI is InChI=1S/C15H14F3N3OS.ClH/c16-15(17,18)10-4-1-3-9(7-10)12-8-23-14(20-12)21-13(22)11-5-2-6-19-11;/h1,3-4,7-8,11,19H,2,5-6H2,(H,20,21,22);1H. The minimum atomic E-state index is -4.39. The second-order valence-electron chi connectivity index (χ2n) is 5.25. The molecule has 24 heavy (non-hydrogen) atoms. The molecule has 1 saturated heterocycles. The Balaban J connectivity index is 0.00000208. The van der Waals surface area contributed by atoms with E-state index in [0.717, 1.165) is 31.5 Å². The quantitative estimate of drug-likeness (QED) is 0.851. The summed E-state index contributed by atoms with van der Waals surface area (Å²) in [7, 11) is 0. The fraction of sp³-hybridized carbons (Fsp3) is 0.333. The third-order valence-corrected chi connectivity index (χ3v) is 4.35. The first-order valence-corrected chi connectivity index (χ1v) is 7.99. The molecule has 1 aliphatic rings. The SMILES string of the molecule is Cl.O=C(Nc1nc(-c2cccc(C(F)(F)F)c2)cs1)C1CCCN1. The highest BCUT2D eigenvalue weighted by atomic mass is 35.5. The number of carbonyl (C=O) groups is 1. The van der Waals surface area contributed by atoms with Crippen molar-refractivity contribution >= 4 is 34.8 Å². The van der Waals surface area contributed by atoms with Crippen LogP contribution < -0.4 is 10.6 Å². The van der Waals surface area contributed by atoms with Crippen LogP contribution in [0.5, 0.6) is 0 Å². The number of aromatic nitrogens is 1.